The molecule has 2 N–H and O–H groups in total. The van der Waals surface area contributed by atoms with Gasteiger partial charge in [-0.1, -0.05) is 41.9 Å². The molecule has 0 aliphatic carbocycles. The molecule has 6 nitrogen and oxygen atoms in total. The summed E-state index contributed by atoms with van der Waals surface area (Å²) in [6.07, 6.45) is 0.659. The maximum Gasteiger partial charge on any atom is 0.408 e. The van der Waals surface area contributed by atoms with Gasteiger partial charge in [0.15, 0.2) is 0 Å². The smallest absolute Gasteiger partial charge is 0.408 e. The number of carbonyl (C=O) groups is 2. The van der Waals surface area contributed by atoms with E-state index in [0.717, 1.165) is 5.56 Å². The number of carbonyl (C=O) groups excluding carboxylic acids is 1. The summed E-state index contributed by atoms with van der Waals surface area (Å²) < 4.78 is 5.01. The van der Waals surface area contributed by atoms with Crippen LogP contribution in [-0.2, 0) is 22.6 Å². The molecule has 0 bridgehead atoms. The third-order valence-electron chi connectivity index (χ3n) is 3.00. The predicted molar refractivity (Wildman–Crippen MR) is 84.1 cm³/mol. The number of nitrogens with one attached hydrogen (secondary N) is 1. The summed E-state index contributed by atoms with van der Waals surface area (Å²) >= 11 is 5.73. The van der Waals surface area contributed by atoms with Crippen LogP contribution in [0.15, 0.2) is 48.7 Å². The summed E-state index contributed by atoms with van der Waals surface area (Å²) in [6.45, 7) is 0.0677. The van der Waals surface area contributed by atoms with Crippen molar-refractivity contribution in [3.05, 3.63) is 64.9 Å². The molecular formula is C16H15ClN2O4. The minimum Gasteiger partial charge on any atom is -0.480 e. The zero-order chi connectivity index (χ0) is 16.7. The van der Waals surface area contributed by atoms with Crippen molar-refractivity contribution >= 4 is 23.7 Å². The van der Waals surface area contributed by atoms with Gasteiger partial charge >= 0.3 is 12.1 Å². The molecule has 1 heterocycles. The summed E-state index contributed by atoms with van der Waals surface area (Å²) in [4.78, 5) is 27.0. The zero-order valence-electron chi connectivity index (χ0n) is 12.1. The molecule has 0 radical (unpaired) electrons. The molecule has 0 aliphatic rings. The van der Waals surface area contributed by atoms with Crippen LogP contribution in [0.1, 0.15) is 11.3 Å². The average molecular weight is 335 g/mol. The number of carboxylic acids is 1. The summed E-state index contributed by atoms with van der Waals surface area (Å²) in [5.41, 5.74) is 1.32. The normalized spacial score (nSPS) is 11.5. The van der Waals surface area contributed by atoms with Crippen LogP contribution in [0.2, 0.25) is 5.02 Å². The van der Waals surface area contributed by atoms with E-state index in [2.05, 4.69) is 10.3 Å². The van der Waals surface area contributed by atoms with Gasteiger partial charge in [-0.05, 0) is 17.7 Å². The molecule has 23 heavy (non-hydrogen) atoms. The predicted octanol–water partition coefficient (Wildman–Crippen LogP) is 2.66. The Labute approximate surface area is 138 Å². The highest BCUT2D eigenvalue weighted by Gasteiger charge is 2.21. The van der Waals surface area contributed by atoms with E-state index in [0.29, 0.717) is 10.7 Å². The number of rotatable bonds is 6. The van der Waals surface area contributed by atoms with Crippen LogP contribution in [0.4, 0.5) is 4.79 Å². The number of aliphatic carboxylic acids is 1. The number of ether oxygens (including phenoxy) is 1. The summed E-state index contributed by atoms with van der Waals surface area (Å²) in [7, 11) is 0. The molecule has 0 fully saturated rings. The quantitative estimate of drug-likeness (QED) is 0.847. The lowest BCUT2D eigenvalue weighted by Gasteiger charge is -2.14. The fourth-order valence-corrected chi connectivity index (χ4v) is 1.96. The van der Waals surface area contributed by atoms with Gasteiger partial charge in [0.2, 0.25) is 0 Å². The highest BCUT2D eigenvalue weighted by Crippen LogP contribution is 2.08. The second-order valence-electron chi connectivity index (χ2n) is 4.77. The second kappa shape index (κ2) is 8.14. The molecule has 1 aromatic carbocycles. The van der Waals surface area contributed by atoms with Crippen molar-refractivity contribution in [1.29, 1.82) is 0 Å². The standard InChI is InChI=1S/C16H15ClN2O4/c17-12-6-7-13(18-9-12)8-14(15(20)21)19-16(22)23-10-11-4-2-1-3-5-11/h1-7,9,14H,8,10H2,(H,19,22)(H,20,21). The monoisotopic (exact) mass is 334 g/mol. The molecule has 0 aliphatic heterocycles. The highest BCUT2D eigenvalue weighted by atomic mass is 35.5. The van der Waals surface area contributed by atoms with Crippen molar-refractivity contribution in [3.63, 3.8) is 0 Å². The molecule has 2 aromatic rings. The first-order valence-corrected chi connectivity index (χ1v) is 7.23. The van der Waals surface area contributed by atoms with E-state index in [9.17, 15) is 14.7 Å². The third-order valence-corrected chi connectivity index (χ3v) is 3.23. The van der Waals surface area contributed by atoms with Crippen LogP contribution >= 0.6 is 11.6 Å². The number of amides is 1. The van der Waals surface area contributed by atoms with E-state index in [1.165, 1.54) is 6.20 Å². The van der Waals surface area contributed by atoms with Gasteiger partial charge in [0.05, 0.1) is 5.02 Å². The Balaban J connectivity index is 1.89. The van der Waals surface area contributed by atoms with Gasteiger partial charge in [0.25, 0.3) is 0 Å². The van der Waals surface area contributed by atoms with Crippen molar-refractivity contribution in [2.24, 2.45) is 0 Å². The minimum absolute atomic E-state index is 0.0347. The number of halogens is 1. The van der Waals surface area contributed by atoms with Crippen LogP contribution in [0.3, 0.4) is 0 Å². The number of pyridine rings is 1. The molecule has 0 saturated carbocycles. The lowest BCUT2D eigenvalue weighted by Crippen LogP contribution is -2.42. The Bertz CT molecular complexity index is 662. The van der Waals surface area contributed by atoms with Crippen molar-refractivity contribution in [2.45, 2.75) is 19.1 Å². The number of aromatic nitrogens is 1. The van der Waals surface area contributed by atoms with E-state index in [1.807, 2.05) is 18.2 Å². The van der Waals surface area contributed by atoms with Crippen molar-refractivity contribution < 1.29 is 19.4 Å². The summed E-state index contributed by atoms with van der Waals surface area (Å²) in [6, 6.07) is 11.2. The Morgan fingerprint density at radius 2 is 1.96 bits per heavy atom. The maximum absolute atomic E-state index is 11.7. The Morgan fingerprint density at radius 1 is 1.22 bits per heavy atom. The fourth-order valence-electron chi connectivity index (χ4n) is 1.84. The first-order chi connectivity index (χ1) is 11.0. The van der Waals surface area contributed by atoms with Gasteiger partial charge < -0.3 is 15.2 Å². The molecule has 7 heteroatoms. The van der Waals surface area contributed by atoms with E-state index >= 15 is 0 Å². The first-order valence-electron chi connectivity index (χ1n) is 6.85. The molecular weight excluding hydrogens is 320 g/mol. The van der Waals surface area contributed by atoms with Crippen LogP contribution in [0.25, 0.3) is 0 Å². The minimum atomic E-state index is -1.17. The molecule has 1 atom stereocenters. The average Bonchev–Trinajstić information content (AvgIpc) is 2.55. The van der Waals surface area contributed by atoms with Gasteiger partial charge in [0, 0.05) is 18.3 Å². The van der Waals surface area contributed by atoms with Gasteiger partial charge in [-0.15, -0.1) is 0 Å². The van der Waals surface area contributed by atoms with Gasteiger partial charge in [-0.3, -0.25) is 4.98 Å². The molecule has 0 spiro atoms. The molecule has 1 aromatic heterocycles. The van der Waals surface area contributed by atoms with E-state index < -0.39 is 18.1 Å². The fraction of sp³-hybridized carbons (Fsp3) is 0.188. The Hall–Kier alpha value is -2.60. The van der Waals surface area contributed by atoms with Gasteiger partial charge in [0.1, 0.15) is 12.6 Å². The maximum atomic E-state index is 11.7. The van der Waals surface area contributed by atoms with Crippen LogP contribution in [0, 0.1) is 0 Å². The van der Waals surface area contributed by atoms with Gasteiger partial charge in [-0.2, -0.15) is 0 Å². The van der Waals surface area contributed by atoms with Crippen LogP contribution < -0.4 is 5.32 Å². The Kier molecular flexibility index (Phi) is 5.94. The highest BCUT2D eigenvalue weighted by molar-refractivity contribution is 6.30. The molecule has 2 rings (SSSR count). The summed E-state index contributed by atoms with van der Waals surface area (Å²) in [5.74, 6) is -1.17. The number of carboxylic acid groups (broad SMARTS) is 1. The molecule has 120 valence electrons. The van der Waals surface area contributed by atoms with Crippen molar-refractivity contribution in [2.75, 3.05) is 0 Å². The topological polar surface area (TPSA) is 88.5 Å². The van der Waals surface area contributed by atoms with Crippen molar-refractivity contribution in [1.82, 2.24) is 10.3 Å². The number of hydrogen-bond donors (Lipinski definition) is 2. The SMILES string of the molecule is O=C(NC(Cc1ccc(Cl)cn1)C(=O)O)OCc1ccccc1. The van der Waals surface area contributed by atoms with Crippen molar-refractivity contribution in [3.8, 4) is 0 Å². The van der Waals surface area contributed by atoms with Gasteiger partial charge in [-0.25, -0.2) is 9.59 Å². The molecule has 0 saturated heterocycles. The first kappa shape index (κ1) is 16.8. The lowest BCUT2D eigenvalue weighted by atomic mass is 10.1. The number of benzene rings is 1. The largest absolute Gasteiger partial charge is 0.480 e. The van der Waals surface area contributed by atoms with E-state index in [-0.39, 0.29) is 13.0 Å². The number of nitrogens with zero attached hydrogens (tertiary/aromatic N) is 1. The molecule has 1 amide bonds. The number of alkyl carbamates (subject to hydrolysis) is 1. The second-order valence-corrected chi connectivity index (χ2v) is 5.21. The summed E-state index contributed by atoms with van der Waals surface area (Å²) in [5, 5.41) is 12.0. The zero-order valence-corrected chi connectivity index (χ0v) is 12.9. The van der Waals surface area contributed by atoms with E-state index in [4.69, 9.17) is 16.3 Å². The van der Waals surface area contributed by atoms with Crippen LogP contribution in [-0.4, -0.2) is 28.2 Å². The number of hydrogen-bond acceptors (Lipinski definition) is 4. The lowest BCUT2D eigenvalue weighted by molar-refractivity contribution is -0.139. The van der Waals surface area contributed by atoms with E-state index in [1.54, 1.807) is 24.3 Å². The molecule has 1 unspecified atom stereocenters. The van der Waals surface area contributed by atoms with Crippen LogP contribution in [0.5, 0.6) is 0 Å². The Morgan fingerprint density at radius 3 is 2.57 bits per heavy atom. The third kappa shape index (κ3) is 5.60.